The van der Waals surface area contributed by atoms with Crippen molar-refractivity contribution in [2.75, 3.05) is 6.61 Å². The van der Waals surface area contributed by atoms with Crippen LogP contribution in [0.4, 0.5) is 13.2 Å². The molecule has 0 aliphatic rings. The normalized spacial score (nSPS) is 11.1. The largest absolute Gasteiger partial charge is 0.573 e. The van der Waals surface area contributed by atoms with Gasteiger partial charge >= 0.3 is 6.36 Å². The maximum Gasteiger partial charge on any atom is 0.573 e. The van der Waals surface area contributed by atoms with Crippen molar-refractivity contribution in [3.8, 4) is 11.5 Å². The molecular weight excluding hydrogens is 197 g/mol. The van der Waals surface area contributed by atoms with Gasteiger partial charge in [-0.1, -0.05) is 6.07 Å². The highest BCUT2D eigenvalue weighted by Gasteiger charge is 2.32. The Labute approximate surface area is 79.2 Å². The van der Waals surface area contributed by atoms with Crippen LogP contribution in [0, 0.1) is 6.07 Å². The lowest BCUT2D eigenvalue weighted by atomic mass is 10.3. The van der Waals surface area contributed by atoms with Gasteiger partial charge in [-0.3, -0.25) is 0 Å². The summed E-state index contributed by atoms with van der Waals surface area (Å²) >= 11 is 0. The topological polar surface area (TPSA) is 18.5 Å². The first kappa shape index (κ1) is 10.7. The predicted molar refractivity (Wildman–Crippen MR) is 43.1 cm³/mol. The van der Waals surface area contributed by atoms with Gasteiger partial charge in [0.2, 0.25) is 0 Å². The minimum atomic E-state index is -4.70. The van der Waals surface area contributed by atoms with E-state index in [1.165, 1.54) is 12.1 Å². The van der Waals surface area contributed by atoms with Gasteiger partial charge in [0.05, 0.1) is 6.61 Å². The van der Waals surface area contributed by atoms with Crippen LogP contribution in [0.25, 0.3) is 0 Å². The van der Waals surface area contributed by atoms with Crippen LogP contribution in [0.1, 0.15) is 6.92 Å². The highest BCUT2D eigenvalue weighted by atomic mass is 19.4. The van der Waals surface area contributed by atoms with Crippen molar-refractivity contribution in [2.24, 2.45) is 0 Å². The Bertz CT molecular complexity index is 296. The molecule has 0 unspecified atom stereocenters. The van der Waals surface area contributed by atoms with E-state index in [1.807, 2.05) is 0 Å². The fourth-order valence-electron chi connectivity index (χ4n) is 0.878. The molecular formula is C9H8F3O2. The molecule has 0 spiro atoms. The number of hydrogen-bond acceptors (Lipinski definition) is 2. The van der Waals surface area contributed by atoms with E-state index in [4.69, 9.17) is 4.74 Å². The molecule has 14 heavy (non-hydrogen) atoms. The minimum absolute atomic E-state index is 0.0346. The lowest BCUT2D eigenvalue weighted by Gasteiger charge is -2.12. The van der Waals surface area contributed by atoms with E-state index < -0.39 is 6.36 Å². The number of rotatable bonds is 3. The van der Waals surface area contributed by atoms with Crippen LogP contribution in [-0.4, -0.2) is 13.0 Å². The molecule has 0 amide bonds. The zero-order valence-corrected chi connectivity index (χ0v) is 7.39. The molecule has 5 heteroatoms. The van der Waals surface area contributed by atoms with Crippen LogP contribution >= 0.6 is 0 Å². The molecule has 0 aliphatic heterocycles. The van der Waals surface area contributed by atoms with Gasteiger partial charge in [-0.15, -0.1) is 13.2 Å². The van der Waals surface area contributed by atoms with Gasteiger partial charge in [-0.2, -0.15) is 0 Å². The first-order valence-electron chi connectivity index (χ1n) is 3.91. The van der Waals surface area contributed by atoms with Crippen LogP contribution in [0.2, 0.25) is 0 Å². The molecule has 1 aromatic carbocycles. The van der Waals surface area contributed by atoms with Crippen molar-refractivity contribution in [1.82, 2.24) is 0 Å². The Hall–Kier alpha value is -1.39. The van der Waals surface area contributed by atoms with Crippen LogP contribution < -0.4 is 9.47 Å². The van der Waals surface area contributed by atoms with E-state index >= 15 is 0 Å². The minimum Gasteiger partial charge on any atom is -0.490 e. The summed E-state index contributed by atoms with van der Waals surface area (Å²) in [7, 11) is 0. The van der Waals surface area contributed by atoms with Crippen molar-refractivity contribution in [2.45, 2.75) is 13.3 Å². The van der Waals surface area contributed by atoms with Crippen LogP contribution in [0.5, 0.6) is 11.5 Å². The highest BCUT2D eigenvalue weighted by Crippen LogP contribution is 2.31. The molecule has 0 saturated heterocycles. The molecule has 2 nitrogen and oxygen atoms in total. The zero-order chi connectivity index (χ0) is 10.6. The summed E-state index contributed by atoms with van der Waals surface area (Å²) in [6, 6.07) is 6.37. The number of halogens is 3. The lowest BCUT2D eigenvalue weighted by Crippen LogP contribution is -2.17. The molecule has 0 N–H and O–H groups in total. The second-order valence-electron chi connectivity index (χ2n) is 2.35. The summed E-state index contributed by atoms with van der Waals surface area (Å²) in [5.41, 5.74) is 0. The van der Waals surface area contributed by atoms with Gasteiger partial charge < -0.3 is 9.47 Å². The fraction of sp³-hybridized carbons (Fsp3) is 0.333. The highest BCUT2D eigenvalue weighted by molar-refractivity contribution is 5.39. The van der Waals surface area contributed by atoms with Crippen molar-refractivity contribution in [3.63, 3.8) is 0 Å². The van der Waals surface area contributed by atoms with Crippen molar-refractivity contribution < 1.29 is 22.6 Å². The Balaban J connectivity index is 2.84. The Kier molecular flexibility index (Phi) is 3.22. The number of alkyl halides is 3. The Morgan fingerprint density at radius 1 is 1.36 bits per heavy atom. The van der Waals surface area contributed by atoms with Crippen molar-refractivity contribution >= 4 is 0 Å². The SMILES string of the molecule is CCOc1c[c]ccc1OC(F)(F)F. The molecule has 0 atom stereocenters. The lowest BCUT2D eigenvalue weighted by molar-refractivity contribution is -0.275. The summed E-state index contributed by atoms with van der Waals surface area (Å²) in [6.45, 7) is 1.94. The summed E-state index contributed by atoms with van der Waals surface area (Å²) in [5, 5.41) is 0. The van der Waals surface area contributed by atoms with Gasteiger partial charge in [-0.25, -0.2) is 0 Å². The molecule has 0 bridgehead atoms. The third kappa shape index (κ3) is 3.16. The molecule has 0 saturated carbocycles. The van der Waals surface area contributed by atoms with Gasteiger partial charge in [-0.05, 0) is 25.1 Å². The predicted octanol–water partition coefficient (Wildman–Crippen LogP) is 2.78. The molecule has 0 aromatic heterocycles. The summed E-state index contributed by atoms with van der Waals surface area (Å²) < 4.78 is 44.3. The van der Waals surface area contributed by atoms with E-state index in [9.17, 15) is 13.2 Å². The monoisotopic (exact) mass is 205 g/mol. The van der Waals surface area contributed by atoms with Crippen LogP contribution in [0.15, 0.2) is 18.2 Å². The maximum atomic E-state index is 11.9. The molecule has 77 valence electrons. The van der Waals surface area contributed by atoms with Gasteiger partial charge in [0, 0.05) is 0 Å². The van der Waals surface area contributed by atoms with Gasteiger partial charge in [0.1, 0.15) is 0 Å². The van der Waals surface area contributed by atoms with Crippen LogP contribution in [-0.2, 0) is 0 Å². The van der Waals surface area contributed by atoms with E-state index in [0.29, 0.717) is 0 Å². The first-order chi connectivity index (χ1) is 6.53. The number of hydrogen-bond donors (Lipinski definition) is 0. The van der Waals surface area contributed by atoms with Crippen molar-refractivity contribution in [1.29, 1.82) is 0 Å². The third-order valence-corrected chi connectivity index (χ3v) is 1.31. The second kappa shape index (κ2) is 4.21. The van der Waals surface area contributed by atoms with Gasteiger partial charge in [0.25, 0.3) is 0 Å². The molecule has 1 rings (SSSR count). The summed E-state index contributed by atoms with van der Waals surface area (Å²) in [5.74, 6) is -0.314. The molecule has 0 aliphatic carbocycles. The third-order valence-electron chi connectivity index (χ3n) is 1.31. The number of ether oxygens (including phenoxy) is 2. The average molecular weight is 205 g/mol. The summed E-state index contributed by atoms with van der Waals surface area (Å²) in [6.07, 6.45) is -4.70. The van der Waals surface area contributed by atoms with Gasteiger partial charge in [0.15, 0.2) is 11.5 Å². The summed E-state index contributed by atoms with van der Waals surface area (Å²) in [4.78, 5) is 0. The quantitative estimate of drug-likeness (QED) is 0.755. The standard InChI is InChI=1S/C9H8F3O2/c1-2-13-7-5-3-4-6-8(7)14-9(10,11)12/h4-6H,2H2,1H3. The second-order valence-corrected chi connectivity index (χ2v) is 2.35. The maximum absolute atomic E-state index is 11.9. The van der Waals surface area contributed by atoms with Crippen molar-refractivity contribution in [3.05, 3.63) is 24.3 Å². The molecule has 0 heterocycles. The molecule has 0 fully saturated rings. The van der Waals surface area contributed by atoms with Crippen LogP contribution in [0.3, 0.4) is 0 Å². The average Bonchev–Trinajstić information content (AvgIpc) is 2.06. The molecule has 1 aromatic rings. The Morgan fingerprint density at radius 3 is 2.64 bits per heavy atom. The first-order valence-corrected chi connectivity index (χ1v) is 3.91. The smallest absolute Gasteiger partial charge is 0.490 e. The van der Waals surface area contributed by atoms with E-state index in [2.05, 4.69) is 10.8 Å². The fourth-order valence-corrected chi connectivity index (χ4v) is 0.878. The zero-order valence-electron chi connectivity index (χ0n) is 7.39. The molecule has 1 radical (unpaired) electrons. The van der Waals surface area contributed by atoms with E-state index in [1.54, 1.807) is 6.92 Å². The Morgan fingerprint density at radius 2 is 2.07 bits per heavy atom. The number of benzene rings is 1. The van der Waals surface area contributed by atoms with E-state index in [0.717, 1.165) is 6.07 Å². The van der Waals surface area contributed by atoms with E-state index in [-0.39, 0.29) is 18.1 Å².